The van der Waals surface area contributed by atoms with Crippen LogP contribution in [0.3, 0.4) is 0 Å². The lowest BCUT2D eigenvalue weighted by molar-refractivity contribution is 0.413. The fraction of sp³-hybridized carbons (Fsp3) is 0.529. The highest BCUT2D eigenvalue weighted by Gasteiger charge is 2.07. The van der Waals surface area contributed by atoms with Crippen molar-refractivity contribution in [2.45, 2.75) is 46.6 Å². The maximum absolute atomic E-state index is 5.45. The topological polar surface area (TPSA) is 21.3 Å². The van der Waals surface area contributed by atoms with Crippen LogP contribution in [0.2, 0.25) is 0 Å². The standard InChI is InChI=1S/C17H27NO/c1-13-11-14(2)15(16(12-13)19-6)9-7-8-10-18-17(3,4)5/h7,9,11-12,18H,8,10H2,1-6H3/b9-7+. The Kier molecular flexibility index (Phi) is 5.61. The second-order valence-corrected chi connectivity index (χ2v) is 6.07. The number of aryl methyl sites for hydroxylation is 2. The van der Waals surface area contributed by atoms with E-state index in [9.17, 15) is 0 Å². The minimum atomic E-state index is 0.186. The molecule has 106 valence electrons. The highest BCUT2D eigenvalue weighted by Crippen LogP contribution is 2.25. The van der Waals surface area contributed by atoms with Gasteiger partial charge in [0.05, 0.1) is 7.11 Å². The molecule has 19 heavy (non-hydrogen) atoms. The lowest BCUT2D eigenvalue weighted by atomic mass is 10.0. The maximum atomic E-state index is 5.45. The Labute approximate surface area is 117 Å². The Morgan fingerprint density at radius 2 is 1.89 bits per heavy atom. The molecule has 0 fully saturated rings. The molecule has 0 unspecified atom stereocenters. The number of methoxy groups -OCH3 is 1. The summed E-state index contributed by atoms with van der Waals surface area (Å²) in [6.45, 7) is 11.8. The van der Waals surface area contributed by atoms with Crippen LogP contribution < -0.4 is 10.1 Å². The summed E-state index contributed by atoms with van der Waals surface area (Å²) in [5, 5.41) is 3.48. The molecule has 0 aliphatic heterocycles. The molecule has 1 N–H and O–H groups in total. The Morgan fingerprint density at radius 1 is 1.21 bits per heavy atom. The second kappa shape index (κ2) is 6.76. The van der Waals surface area contributed by atoms with E-state index < -0.39 is 0 Å². The normalized spacial score (nSPS) is 12.1. The van der Waals surface area contributed by atoms with E-state index >= 15 is 0 Å². The molecule has 0 saturated carbocycles. The third kappa shape index (κ3) is 5.48. The van der Waals surface area contributed by atoms with Crippen molar-refractivity contribution in [3.63, 3.8) is 0 Å². The van der Waals surface area contributed by atoms with Gasteiger partial charge in [0.25, 0.3) is 0 Å². The van der Waals surface area contributed by atoms with Crippen LogP contribution in [-0.4, -0.2) is 19.2 Å². The third-order valence-electron chi connectivity index (χ3n) is 2.96. The van der Waals surface area contributed by atoms with Gasteiger partial charge in [0.15, 0.2) is 0 Å². The first-order valence-corrected chi connectivity index (χ1v) is 6.90. The third-order valence-corrected chi connectivity index (χ3v) is 2.96. The number of hydrogen-bond acceptors (Lipinski definition) is 2. The zero-order valence-electron chi connectivity index (χ0n) is 13.1. The summed E-state index contributed by atoms with van der Waals surface area (Å²) < 4.78 is 5.45. The first-order chi connectivity index (χ1) is 8.83. The molecule has 1 aromatic rings. The zero-order chi connectivity index (χ0) is 14.5. The largest absolute Gasteiger partial charge is 0.496 e. The van der Waals surface area contributed by atoms with Crippen molar-refractivity contribution >= 4 is 6.08 Å². The van der Waals surface area contributed by atoms with Gasteiger partial charge in [-0.15, -0.1) is 0 Å². The van der Waals surface area contributed by atoms with Crippen molar-refractivity contribution in [2.75, 3.05) is 13.7 Å². The molecule has 0 spiro atoms. The predicted octanol–water partition coefficient (Wildman–Crippen LogP) is 4.10. The van der Waals surface area contributed by atoms with Gasteiger partial charge in [-0.25, -0.2) is 0 Å². The van der Waals surface area contributed by atoms with Gasteiger partial charge in [-0.05, 0) is 64.8 Å². The molecule has 0 radical (unpaired) electrons. The fourth-order valence-corrected chi connectivity index (χ4v) is 2.05. The lowest BCUT2D eigenvalue weighted by Crippen LogP contribution is -2.36. The Morgan fingerprint density at radius 3 is 2.47 bits per heavy atom. The zero-order valence-corrected chi connectivity index (χ0v) is 13.1. The van der Waals surface area contributed by atoms with Crippen LogP contribution in [0.1, 0.15) is 43.9 Å². The summed E-state index contributed by atoms with van der Waals surface area (Å²) >= 11 is 0. The van der Waals surface area contributed by atoms with Crippen LogP contribution in [0.4, 0.5) is 0 Å². The van der Waals surface area contributed by atoms with Crippen LogP contribution in [0.5, 0.6) is 5.75 Å². The Balaban J connectivity index is 2.66. The maximum Gasteiger partial charge on any atom is 0.126 e. The van der Waals surface area contributed by atoms with Gasteiger partial charge in [0, 0.05) is 11.1 Å². The molecule has 0 heterocycles. The fourth-order valence-electron chi connectivity index (χ4n) is 2.05. The van der Waals surface area contributed by atoms with Gasteiger partial charge >= 0.3 is 0 Å². The SMILES string of the molecule is COc1cc(C)cc(C)c1/C=C/CCNC(C)(C)C. The molecule has 0 atom stereocenters. The van der Waals surface area contributed by atoms with E-state index in [0.717, 1.165) is 18.7 Å². The van der Waals surface area contributed by atoms with Crippen LogP contribution in [0, 0.1) is 13.8 Å². The summed E-state index contributed by atoms with van der Waals surface area (Å²) in [5.74, 6) is 0.956. The van der Waals surface area contributed by atoms with E-state index in [1.807, 2.05) is 0 Å². The van der Waals surface area contributed by atoms with Crippen molar-refractivity contribution in [1.29, 1.82) is 0 Å². The molecular formula is C17H27NO. The average Bonchev–Trinajstić information content (AvgIpc) is 2.29. The van der Waals surface area contributed by atoms with Gasteiger partial charge in [-0.2, -0.15) is 0 Å². The number of benzene rings is 1. The number of rotatable bonds is 5. The van der Waals surface area contributed by atoms with E-state index in [2.05, 4.69) is 64.2 Å². The molecule has 0 bridgehead atoms. The van der Waals surface area contributed by atoms with Crippen molar-refractivity contribution in [3.8, 4) is 5.75 Å². The Bertz CT molecular complexity index is 441. The van der Waals surface area contributed by atoms with Crippen molar-refractivity contribution < 1.29 is 4.74 Å². The number of nitrogens with one attached hydrogen (secondary N) is 1. The molecular weight excluding hydrogens is 234 g/mol. The summed E-state index contributed by atoms with van der Waals surface area (Å²) in [5.41, 5.74) is 3.87. The Hall–Kier alpha value is -1.28. The van der Waals surface area contributed by atoms with E-state index in [0.29, 0.717) is 0 Å². The van der Waals surface area contributed by atoms with Gasteiger partial charge in [-0.1, -0.05) is 18.2 Å². The molecule has 1 rings (SSSR count). The molecule has 0 aliphatic carbocycles. The average molecular weight is 261 g/mol. The molecule has 2 nitrogen and oxygen atoms in total. The van der Waals surface area contributed by atoms with E-state index in [1.165, 1.54) is 16.7 Å². The molecule has 0 aromatic heterocycles. The van der Waals surface area contributed by atoms with E-state index in [-0.39, 0.29) is 5.54 Å². The molecule has 0 saturated heterocycles. The minimum absolute atomic E-state index is 0.186. The van der Waals surface area contributed by atoms with Crippen LogP contribution >= 0.6 is 0 Å². The monoisotopic (exact) mass is 261 g/mol. The van der Waals surface area contributed by atoms with Gasteiger partial charge in [-0.3, -0.25) is 0 Å². The summed E-state index contributed by atoms with van der Waals surface area (Å²) in [4.78, 5) is 0. The van der Waals surface area contributed by atoms with E-state index in [4.69, 9.17) is 4.74 Å². The summed E-state index contributed by atoms with van der Waals surface area (Å²) in [7, 11) is 1.73. The molecule has 0 aliphatic rings. The molecule has 1 aromatic carbocycles. The highest BCUT2D eigenvalue weighted by atomic mass is 16.5. The number of hydrogen-bond donors (Lipinski definition) is 1. The predicted molar refractivity (Wildman–Crippen MR) is 83.9 cm³/mol. The van der Waals surface area contributed by atoms with Gasteiger partial charge < -0.3 is 10.1 Å². The highest BCUT2D eigenvalue weighted by molar-refractivity contribution is 5.62. The first-order valence-electron chi connectivity index (χ1n) is 6.90. The summed E-state index contributed by atoms with van der Waals surface area (Å²) in [6.07, 6.45) is 5.39. The second-order valence-electron chi connectivity index (χ2n) is 6.07. The van der Waals surface area contributed by atoms with Crippen molar-refractivity contribution in [1.82, 2.24) is 5.32 Å². The lowest BCUT2D eigenvalue weighted by Gasteiger charge is -2.19. The number of ether oxygens (including phenoxy) is 1. The van der Waals surface area contributed by atoms with E-state index in [1.54, 1.807) is 7.11 Å². The van der Waals surface area contributed by atoms with Crippen LogP contribution in [0.25, 0.3) is 6.08 Å². The van der Waals surface area contributed by atoms with Crippen LogP contribution in [-0.2, 0) is 0 Å². The van der Waals surface area contributed by atoms with Crippen LogP contribution in [0.15, 0.2) is 18.2 Å². The van der Waals surface area contributed by atoms with Crippen molar-refractivity contribution in [2.24, 2.45) is 0 Å². The molecule has 2 heteroatoms. The minimum Gasteiger partial charge on any atom is -0.496 e. The first kappa shape index (κ1) is 15.8. The van der Waals surface area contributed by atoms with Gasteiger partial charge in [0.2, 0.25) is 0 Å². The van der Waals surface area contributed by atoms with Crippen molar-refractivity contribution in [3.05, 3.63) is 34.9 Å². The quantitative estimate of drug-likeness (QED) is 0.806. The smallest absolute Gasteiger partial charge is 0.126 e. The summed E-state index contributed by atoms with van der Waals surface area (Å²) in [6, 6.07) is 4.27. The van der Waals surface area contributed by atoms with Gasteiger partial charge in [0.1, 0.15) is 5.75 Å². The molecule has 0 amide bonds.